The van der Waals surface area contributed by atoms with E-state index in [1.807, 2.05) is 0 Å². The number of hydrogen-bond donors (Lipinski definition) is 0. The van der Waals surface area contributed by atoms with Crippen LogP contribution < -0.4 is 0 Å². The van der Waals surface area contributed by atoms with Crippen molar-refractivity contribution in [2.45, 2.75) is 104 Å². The second kappa shape index (κ2) is 23.9. The molecule has 0 bridgehead atoms. The Labute approximate surface area is 158 Å². The fourth-order valence-corrected chi connectivity index (χ4v) is 2.83. The maximum Gasteiger partial charge on any atom is 0.0466 e. The Morgan fingerprint density at radius 3 is 0.840 bits per heavy atom. The molecule has 3 heteroatoms. The molecule has 0 fully saturated rings. The average molecular weight is 359 g/mol. The summed E-state index contributed by atoms with van der Waals surface area (Å²) in [6, 6.07) is 0. The van der Waals surface area contributed by atoms with Crippen LogP contribution in [-0.4, -0.2) is 39.6 Å². The summed E-state index contributed by atoms with van der Waals surface area (Å²) in [5.41, 5.74) is 0. The molecule has 152 valence electrons. The van der Waals surface area contributed by atoms with E-state index in [1.54, 1.807) is 0 Å². The van der Waals surface area contributed by atoms with Crippen LogP contribution in [0, 0.1) is 0 Å². The van der Waals surface area contributed by atoms with Gasteiger partial charge in [0, 0.05) is 39.6 Å². The lowest BCUT2D eigenvalue weighted by Gasteiger charge is -2.05. The van der Waals surface area contributed by atoms with E-state index >= 15 is 0 Å². The lowest BCUT2D eigenvalue weighted by molar-refractivity contribution is 0.123. The maximum absolute atomic E-state index is 5.74. The van der Waals surface area contributed by atoms with Gasteiger partial charge in [-0.1, -0.05) is 65.2 Å². The molecule has 0 N–H and O–H groups in total. The first-order valence-corrected chi connectivity index (χ1v) is 11.1. The molecular formula is C22H46O3. The van der Waals surface area contributed by atoms with Crippen molar-refractivity contribution in [1.82, 2.24) is 0 Å². The highest BCUT2D eigenvalue weighted by atomic mass is 16.5. The van der Waals surface area contributed by atoms with E-state index < -0.39 is 0 Å². The van der Waals surface area contributed by atoms with Gasteiger partial charge in [-0.3, -0.25) is 0 Å². The Morgan fingerprint density at radius 1 is 0.320 bits per heavy atom. The third-order valence-electron chi connectivity index (χ3n) is 4.35. The number of ether oxygens (including phenoxy) is 3. The molecule has 0 aromatic heterocycles. The normalized spacial score (nSPS) is 11.3. The second-order valence-electron chi connectivity index (χ2n) is 7.08. The van der Waals surface area contributed by atoms with Crippen LogP contribution in [0.25, 0.3) is 0 Å². The van der Waals surface area contributed by atoms with Crippen molar-refractivity contribution in [3.05, 3.63) is 0 Å². The van der Waals surface area contributed by atoms with Crippen LogP contribution in [0.15, 0.2) is 0 Å². The fourth-order valence-electron chi connectivity index (χ4n) is 2.83. The van der Waals surface area contributed by atoms with Gasteiger partial charge in [-0.15, -0.1) is 0 Å². The zero-order chi connectivity index (χ0) is 18.3. The lowest BCUT2D eigenvalue weighted by Crippen LogP contribution is -1.98. The molecule has 0 aromatic rings. The minimum atomic E-state index is 0.922. The first-order valence-electron chi connectivity index (χ1n) is 11.1. The molecule has 0 aliphatic carbocycles. The molecule has 0 saturated heterocycles. The Morgan fingerprint density at radius 2 is 0.560 bits per heavy atom. The highest BCUT2D eigenvalue weighted by Gasteiger charge is 1.95. The summed E-state index contributed by atoms with van der Waals surface area (Å²) in [7, 11) is 0. The molecule has 0 saturated carbocycles. The molecule has 0 amide bonds. The van der Waals surface area contributed by atoms with Gasteiger partial charge in [0.1, 0.15) is 0 Å². The summed E-state index contributed by atoms with van der Waals surface area (Å²) in [5.74, 6) is 0. The SMILES string of the molecule is CCCOCCCCCCCCOCCCCCCCCOCCC. The van der Waals surface area contributed by atoms with Crippen LogP contribution in [0.2, 0.25) is 0 Å². The molecule has 0 atom stereocenters. The van der Waals surface area contributed by atoms with E-state index in [0.29, 0.717) is 0 Å². The van der Waals surface area contributed by atoms with Crippen LogP contribution in [0.1, 0.15) is 104 Å². The minimum absolute atomic E-state index is 0.922. The van der Waals surface area contributed by atoms with Crippen LogP contribution in [0.5, 0.6) is 0 Å². The molecular weight excluding hydrogens is 312 g/mol. The Kier molecular flexibility index (Phi) is 23.8. The molecule has 0 spiro atoms. The molecule has 0 heterocycles. The van der Waals surface area contributed by atoms with Gasteiger partial charge < -0.3 is 14.2 Å². The van der Waals surface area contributed by atoms with Crippen LogP contribution in [-0.2, 0) is 14.2 Å². The van der Waals surface area contributed by atoms with E-state index in [0.717, 1.165) is 52.5 Å². The standard InChI is InChI=1S/C22H46O3/c1-3-17-23-19-13-9-5-7-11-15-21-25-22-16-12-8-6-10-14-20-24-18-4-2/h3-22H2,1-2H3. The van der Waals surface area contributed by atoms with Crippen molar-refractivity contribution in [3.63, 3.8) is 0 Å². The van der Waals surface area contributed by atoms with Crippen LogP contribution in [0.4, 0.5) is 0 Å². The van der Waals surface area contributed by atoms with Crippen molar-refractivity contribution in [3.8, 4) is 0 Å². The number of rotatable bonds is 22. The molecule has 3 nitrogen and oxygen atoms in total. The molecule has 0 aliphatic rings. The van der Waals surface area contributed by atoms with Crippen molar-refractivity contribution >= 4 is 0 Å². The van der Waals surface area contributed by atoms with Gasteiger partial charge >= 0.3 is 0 Å². The summed E-state index contributed by atoms with van der Waals surface area (Å²) in [5, 5.41) is 0. The van der Waals surface area contributed by atoms with Crippen LogP contribution >= 0.6 is 0 Å². The first-order chi connectivity index (χ1) is 12.4. The number of unbranched alkanes of at least 4 members (excludes halogenated alkanes) is 10. The Hall–Kier alpha value is -0.120. The number of hydrogen-bond acceptors (Lipinski definition) is 3. The predicted molar refractivity (Wildman–Crippen MR) is 108 cm³/mol. The summed E-state index contributed by atoms with van der Waals surface area (Å²) >= 11 is 0. The average Bonchev–Trinajstić information content (AvgIpc) is 2.63. The quantitative estimate of drug-likeness (QED) is 0.206. The van der Waals surface area contributed by atoms with Crippen LogP contribution in [0.3, 0.4) is 0 Å². The van der Waals surface area contributed by atoms with Crippen molar-refractivity contribution < 1.29 is 14.2 Å². The highest BCUT2D eigenvalue weighted by Crippen LogP contribution is 2.08. The van der Waals surface area contributed by atoms with Gasteiger partial charge in [-0.25, -0.2) is 0 Å². The van der Waals surface area contributed by atoms with E-state index in [-0.39, 0.29) is 0 Å². The zero-order valence-electron chi connectivity index (χ0n) is 17.4. The predicted octanol–water partition coefficient (Wildman–Crippen LogP) is 6.54. The fraction of sp³-hybridized carbons (Fsp3) is 1.00. The van der Waals surface area contributed by atoms with Gasteiger partial charge in [-0.2, -0.15) is 0 Å². The minimum Gasteiger partial charge on any atom is -0.381 e. The highest BCUT2D eigenvalue weighted by molar-refractivity contribution is 4.47. The molecule has 0 aromatic carbocycles. The van der Waals surface area contributed by atoms with E-state index in [9.17, 15) is 0 Å². The molecule has 0 rings (SSSR count). The van der Waals surface area contributed by atoms with Gasteiger partial charge in [0.15, 0.2) is 0 Å². The maximum atomic E-state index is 5.74. The zero-order valence-corrected chi connectivity index (χ0v) is 17.4. The van der Waals surface area contributed by atoms with Gasteiger partial charge in [-0.05, 0) is 38.5 Å². The monoisotopic (exact) mass is 358 g/mol. The van der Waals surface area contributed by atoms with Gasteiger partial charge in [0.2, 0.25) is 0 Å². The Bertz CT molecular complexity index is 199. The van der Waals surface area contributed by atoms with Crippen molar-refractivity contribution in [1.29, 1.82) is 0 Å². The summed E-state index contributed by atoms with van der Waals surface area (Å²) in [6.07, 6.45) is 17.8. The Balaban J connectivity index is 2.94. The summed E-state index contributed by atoms with van der Waals surface area (Å²) < 4.78 is 16.7. The van der Waals surface area contributed by atoms with Gasteiger partial charge in [0.05, 0.1) is 0 Å². The smallest absolute Gasteiger partial charge is 0.0466 e. The lowest BCUT2D eigenvalue weighted by atomic mass is 10.1. The third kappa shape index (κ3) is 23.9. The molecule has 0 radical (unpaired) electrons. The van der Waals surface area contributed by atoms with Gasteiger partial charge in [0.25, 0.3) is 0 Å². The van der Waals surface area contributed by atoms with E-state index in [2.05, 4.69) is 13.8 Å². The summed E-state index contributed by atoms with van der Waals surface area (Å²) in [6.45, 7) is 9.97. The third-order valence-corrected chi connectivity index (χ3v) is 4.35. The summed E-state index contributed by atoms with van der Waals surface area (Å²) in [4.78, 5) is 0. The largest absolute Gasteiger partial charge is 0.381 e. The van der Waals surface area contributed by atoms with Crippen molar-refractivity contribution in [2.75, 3.05) is 39.6 Å². The van der Waals surface area contributed by atoms with Crippen molar-refractivity contribution in [2.24, 2.45) is 0 Å². The topological polar surface area (TPSA) is 27.7 Å². The first kappa shape index (κ1) is 24.9. The molecule has 0 unspecified atom stereocenters. The van der Waals surface area contributed by atoms with E-state index in [4.69, 9.17) is 14.2 Å². The second-order valence-corrected chi connectivity index (χ2v) is 7.08. The molecule has 0 aliphatic heterocycles. The molecule has 25 heavy (non-hydrogen) atoms. The van der Waals surface area contributed by atoms with E-state index in [1.165, 1.54) is 77.0 Å².